The number of nitro benzene ring substituents is 1. The van der Waals surface area contributed by atoms with Gasteiger partial charge in [-0.15, -0.1) is 0 Å². The minimum Gasteiger partial charge on any atom is -0.545 e. The van der Waals surface area contributed by atoms with E-state index < -0.39 is 10.9 Å². The first-order valence-electron chi connectivity index (χ1n) is 5.84. The third-order valence-corrected chi connectivity index (χ3v) is 3.11. The Labute approximate surface area is 104 Å². The Balaban J connectivity index is 2.39. The zero-order valence-corrected chi connectivity index (χ0v) is 9.80. The maximum absolute atomic E-state index is 11.1. The van der Waals surface area contributed by atoms with Crippen molar-refractivity contribution in [3.63, 3.8) is 0 Å². The van der Waals surface area contributed by atoms with Crippen molar-refractivity contribution in [3.05, 3.63) is 33.9 Å². The van der Waals surface area contributed by atoms with Crippen molar-refractivity contribution in [2.45, 2.75) is 19.3 Å². The molecule has 0 atom stereocenters. The molecule has 0 saturated carbocycles. The summed E-state index contributed by atoms with van der Waals surface area (Å²) in [5.41, 5.74) is 0.182. The summed E-state index contributed by atoms with van der Waals surface area (Å²) in [5, 5.41) is 21.7. The lowest BCUT2D eigenvalue weighted by atomic mass is 10.1. The molecule has 18 heavy (non-hydrogen) atoms. The van der Waals surface area contributed by atoms with E-state index in [9.17, 15) is 20.0 Å². The number of carbonyl (C=O) groups is 1. The third-order valence-electron chi connectivity index (χ3n) is 3.11. The summed E-state index contributed by atoms with van der Waals surface area (Å²) in [4.78, 5) is 23.1. The standard InChI is InChI=1S/C12H14N2O4/c15-12(16)10-8-9(14(17)18)4-5-11(10)13-6-2-1-3-7-13/h4-5,8H,1-3,6-7H2,(H,15,16)/p-1. The zero-order chi connectivity index (χ0) is 13.1. The number of non-ortho nitro benzene ring substituents is 1. The second-order valence-electron chi connectivity index (χ2n) is 4.29. The van der Waals surface area contributed by atoms with Gasteiger partial charge >= 0.3 is 0 Å². The Hall–Kier alpha value is -2.11. The van der Waals surface area contributed by atoms with E-state index >= 15 is 0 Å². The lowest BCUT2D eigenvalue weighted by Crippen LogP contribution is -2.33. The quantitative estimate of drug-likeness (QED) is 0.588. The number of nitro groups is 1. The Morgan fingerprint density at radius 3 is 2.44 bits per heavy atom. The molecular weight excluding hydrogens is 236 g/mol. The Kier molecular flexibility index (Phi) is 3.45. The number of benzene rings is 1. The fourth-order valence-electron chi connectivity index (χ4n) is 2.21. The highest BCUT2D eigenvalue weighted by molar-refractivity contribution is 5.94. The fourth-order valence-corrected chi connectivity index (χ4v) is 2.21. The van der Waals surface area contributed by atoms with Gasteiger partial charge in [0.05, 0.1) is 10.9 Å². The lowest BCUT2D eigenvalue weighted by molar-refractivity contribution is -0.385. The van der Waals surface area contributed by atoms with Gasteiger partial charge in [0, 0.05) is 36.5 Å². The molecule has 96 valence electrons. The second-order valence-corrected chi connectivity index (χ2v) is 4.29. The molecule has 1 fully saturated rings. The van der Waals surface area contributed by atoms with E-state index in [-0.39, 0.29) is 11.3 Å². The van der Waals surface area contributed by atoms with Crippen LogP contribution >= 0.6 is 0 Å². The van der Waals surface area contributed by atoms with Gasteiger partial charge in [0.1, 0.15) is 0 Å². The SMILES string of the molecule is O=C([O-])c1cc([N+](=O)[O-])ccc1N1CCCCC1. The van der Waals surface area contributed by atoms with E-state index in [2.05, 4.69) is 0 Å². The van der Waals surface area contributed by atoms with Crippen LogP contribution in [0.3, 0.4) is 0 Å². The van der Waals surface area contributed by atoms with Crippen molar-refractivity contribution in [2.24, 2.45) is 0 Å². The van der Waals surface area contributed by atoms with E-state index in [1.54, 1.807) is 0 Å². The minimum absolute atomic E-state index is 0.105. The number of carboxylic acid groups (broad SMARTS) is 1. The van der Waals surface area contributed by atoms with Gasteiger partial charge in [-0.1, -0.05) is 0 Å². The molecule has 6 nitrogen and oxygen atoms in total. The number of hydrogen-bond donors (Lipinski definition) is 0. The Morgan fingerprint density at radius 1 is 1.22 bits per heavy atom. The van der Waals surface area contributed by atoms with Crippen LogP contribution in [0.5, 0.6) is 0 Å². The van der Waals surface area contributed by atoms with Crippen molar-refractivity contribution in [1.29, 1.82) is 0 Å². The third kappa shape index (κ3) is 2.42. The number of nitrogens with zero attached hydrogens (tertiary/aromatic N) is 2. The Bertz CT molecular complexity index is 481. The van der Waals surface area contributed by atoms with E-state index in [4.69, 9.17) is 0 Å². The van der Waals surface area contributed by atoms with Crippen LogP contribution in [0.1, 0.15) is 29.6 Å². The number of rotatable bonds is 3. The van der Waals surface area contributed by atoms with Crippen LogP contribution in [-0.4, -0.2) is 24.0 Å². The number of carbonyl (C=O) groups excluding carboxylic acids is 1. The van der Waals surface area contributed by atoms with Crippen LogP contribution in [0.2, 0.25) is 0 Å². The first-order chi connectivity index (χ1) is 8.59. The number of piperidine rings is 1. The topological polar surface area (TPSA) is 86.5 Å². The molecule has 1 heterocycles. The predicted molar refractivity (Wildman–Crippen MR) is 63.5 cm³/mol. The molecule has 0 amide bonds. The van der Waals surface area contributed by atoms with Gasteiger partial charge in [0.25, 0.3) is 5.69 Å². The molecule has 2 rings (SSSR count). The molecule has 0 aromatic heterocycles. The lowest BCUT2D eigenvalue weighted by Gasteiger charge is -2.30. The van der Waals surface area contributed by atoms with Gasteiger partial charge in [-0.05, 0) is 25.3 Å². The largest absolute Gasteiger partial charge is 0.545 e. The van der Waals surface area contributed by atoms with Gasteiger partial charge in [-0.2, -0.15) is 0 Å². The molecule has 0 aliphatic carbocycles. The molecular formula is C12H13N2O4-. The summed E-state index contributed by atoms with van der Waals surface area (Å²) in [6.07, 6.45) is 3.14. The summed E-state index contributed by atoms with van der Waals surface area (Å²) < 4.78 is 0. The molecule has 0 radical (unpaired) electrons. The summed E-state index contributed by atoms with van der Waals surface area (Å²) in [6, 6.07) is 3.89. The van der Waals surface area contributed by atoms with Gasteiger partial charge in [0.2, 0.25) is 0 Å². The molecule has 1 aliphatic heterocycles. The molecule has 0 bridgehead atoms. The first kappa shape index (κ1) is 12.3. The van der Waals surface area contributed by atoms with Crippen LogP contribution in [0, 0.1) is 10.1 Å². The van der Waals surface area contributed by atoms with Crippen LogP contribution in [0.25, 0.3) is 0 Å². The van der Waals surface area contributed by atoms with Crippen molar-refractivity contribution < 1.29 is 14.8 Å². The van der Waals surface area contributed by atoms with E-state index in [1.807, 2.05) is 4.90 Å². The highest BCUT2D eigenvalue weighted by atomic mass is 16.6. The van der Waals surface area contributed by atoms with Crippen molar-refractivity contribution in [3.8, 4) is 0 Å². The molecule has 6 heteroatoms. The Morgan fingerprint density at radius 2 is 1.89 bits per heavy atom. The van der Waals surface area contributed by atoms with E-state index in [1.165, 1.54) is 12.1 Å². The summed E-state index contributed by atoms with van der Waals surface area (Å²) in [5.74, 6) is -1.38. The zero-order valence-electron chi connectivity index (χ0n) is 9.80. The van der Waals surface area contributed by atoms with Crippen LogP contribution in [0.15, 0.2) is 18.2 Å². The summed E-state index contributed by atoms with van der Waals surface area (Å²) in [6.45, 7) is 1.55. The molecule has 1 aromatic carbocycles. The maximum atomic E-state index is 11.1. The van der Waals surface area contributed by atoms with Gasteiger partial charge < -0.3 is 14.8 Å². The van der Waals surface area contributed by atoms with Crippen molar-refractivity contribution in [1.82, 2.24) is 0 Å². The molecule has 0 unspecified atom stereocenters. The number of carboxylic acids is 1. The van der Waals surface area contributed by atoms with Gasteiger partial charge in [-0.3, -0.25) is 10.1 Å². The fraction of sp³-hybridized carbons (Fsp3) is 0.417. The molecule has 1 aromatic rings. The number of aromatic carboxylic acids is 1. The van der Waals surface area contributed by atoms with E-state index in [0.29, 0.717) is 5.69 Å². The average molecular weight is 249 g/mol. The van der Waals surface area contributed by atoms with Crippen LogP contribution in [-0.2, 0) is 0 Å². The van der Waals surface area contributed by atoms with Gasteiger partial charge in [-0.25, -0.2) is 0 Å². The second kappa shape index (κ2) is 5.03. The van der Waals surface area contributed by atoms with Gasteiger partial charge in [0.15, 0.2) is 0 Å². The van der Waals surface area contributed by atoms with Crippen molar-refractivity contribution >= 4 is 17.3 Å². The predicted octanol–water partition coefficient (Wildman–Crippen LogP) is 0.949. The van der Waals surface area contributed by atoms with E-state index in [0.717, 1.165) is 38.4 Å². The number of anilines is 1. The average Bonchev–Trinajstić information content (AvgIpc) is 2.39. The molecule has 0 spiro atoms. The molecule has 1 aliphatic rings. The highest BCUT2D eigenvalue weighted by Gasteiger charge is 2.18. The highest BCUT2D eigenvalue weighted by Crippen LogP contribution is 2.27. The number of hydrogen-bond acceptors (Lipinski definition) is 5. The minimum atomic E-state index is -1.38. The van der Waals surface area contributed by atoms with Crippen LogP contribution in [0.4, 0.5) is 11.4 Å². The normalized spacial score (nSPS) is 15.4. The monoisotopic (exact) mass is 249 g/mol. The smallest absolute Gasteiger partial charge is 0.270 e. The summed E-state index contributed by atoms with van der Waals surface area (Å²) in [7, 11) is 0. The molecule has 1 saturated heterocycles. The van der Waals surface area contributed by atoms with Crippen LogP contribution < -0.4 is 10.0 Å². The molecule has 0 N–H and O–H groups in total. The first-order valence-corrected chi connectivity index (χ1v) is 5.84. The maximum Gasteiger partial charge on any atom is 0.270 e. The summed E-state index contributed by atoms with van der Waals surface area (Å²) >= 11 is 0. The van der Waals surface area contributed by atoms with Crippen molar-refractivity contribution in [2.75, 3.05) is 18.0 Å².